The molecule has 2 aromatic heterocycles. The molecule has 0 spiro atoms. The predicted octanol–water partition coefficient (Wildman–Crippen LogP) is 2.82. The van der Waals surface area contributed by atoms with Crippen LogP contribution in [0.15, 0.2) is 38.8 Å². The fourth-order valence-electron chi connectivity index (χ4n) is 2.80. The minimum absolute atomic E-state index is 0.380. The minimum atomic E-state index is -0.387. The molecule has 7 heteroatoms. The molecule has 0 aliphatic rings. The van der Waals surface area contributed by atoms with Gasteiger partial charge in [-0.2, -0.15) is 0 Å². The van der Waals surface area contributed by atoms with Gasteiger partial charge in [0.1, 0.15) is 5.82 Å². The van der Waals surface area contributed by atoms with Gasteiger partial charge in [0.05, 0.1) is 5.75 Å². The number of hydrogen-bond donors (Lipinski definition) is 1. The number of benzene rings is 1. The number of unbranched alkanes of at least 4 members (excludes halogenated alkanes) is 1. The first-order valence-corrected chi connectivity index (χ1v) is 9.38. The molecular weight excluding hydrogens is 336 g/mol. The zero-order valence-corrected chi connectivity index (χ0v) is 15.5. The Bertz CT molecular complexity index is 1020. The summed E-state index contributed by atoms with van der Waals surface area (Å²) in [6, 6.07) is 8.18. The predicted molar refractivity (Wildman–Crippen MR) is 101 cm³/mol. The first-order chi connectivity index (χ1) is 12.0. The Morgan fingerprint density at radius 2 is 2.00 bits per heavy atom. The summed E-state index contributed by atoms with van der Waals surface area (Å²) in [6.07, 6.45) is 1.83. The van der Waals surface area contributed by atoms with E-state index in [0.29, 0.717) is 23.5 Å². The van der Waals surface area contributed by atoms with Crippen molar-refractivity contribution in [3.8, 4) is 0 Å². The van der Waals surface area contributed by atoms with Gasteiger partial charge < -0.3 is 4.57 Å². The number of rotatable bonds is 6. The molecule has 3 aromatic rings. The van der Waals surface area contributed by atoms with Gasteiger partial charge in [-0.1, -0.05) is 31.5 Å². The maximum absolute atomic E-state index is 12.3. The SMILES string of the molecule is CCCCn1c(=O)[nH]c(=O)c2c1nc(CSc1ccccc1C)n2C. The second-order valence-electron chi connectivity index (χ2n) is 6.08. The van der Waals surface area contributed by atoms with Gasteiger partial charge in [0.15, 0.2) is 11.2 Å². The highest BCUT2D eigenvalue weighted by atomic mass is 32.2. The molecule has 0 aliphatic carbocycles. The lowest BCUT2D eigenvalue weighted by Gasteiger charge is -2.05. The molecule has 3 rings (SSSR count). The molecule has 0 aliphatic heterocycles. The van der Waals surface area contributed by atoms with E-state index < -0.39 is 0 Å². The van der Waals surface area contributed by atoms with Crippen LogP contribution in [0.25, 0.3) is 11.2 Å². The van der Waals surface area contributed by atoms with E-state index in [2.05, 4.69) is 35.9 Å². The van der Waals surface area contributed by atoms with E-state index in [9.17, 15) is 9.59 Å². The van der Waals surface area contributed by atoms with E-state index in [0.717, 1.165) is 18.7 Å². The number of aryl methyl sites for hydroxylation is 3. The van der Waals surface area contributed by atoms with Crippen LogP contribution >= 0.6 is 11.8 Å². The number of hydrogen-bond acceptors (Lipinski definition) is 4. The smallest absolute Gasteiger partial charge is 0.325 e. The number of imidazole rings is 1. The number of nitrogens with zero attached hydrogens (tertiary/aromatic N) is 3. The lowest BCUT2D eigenvalue weighted by atomic mass is 10.2. The minimum Gasteiger partial charge on any atom is -0.325 e. The lowest BCUT2D eigenvalue weighted by molar-refractivity contribution is 0.613. The van der Waals surface area contributed by atoms with Crippen LogP contribution in [0.5, 0.6) is 0 Å². The Balaban J connectivity index is 2.01. The topological polar surface area (TPSA) is 72.7 Å². The van der Waals surface area contributed by atoms with Crippen LogP contribution in [0.1, 0.15) is 31.2 Å². The summed E-state index contributed by atoms with van der Waals surface area (Å²) >= 11 is 1.68. The van der Waals surface area contributed by atoms with E-state index in [1.54, 1.807) is 20.9 Å². The highest BCUT2D eigenvalue weighted by Crippen LogP contribution is 2.26. The van der Waals surface area contributed by atoms with Crippen LogP contribution < -0.4 is 11.2 Å². The molecule has 2 heterocycles. The molecule has 0 saturated carbocycles. The maximum atomic E-state index is 12.3. The van der Waals surface area contributed by atoms with Gasteiger partial charge in [-0.05, 0) is 25.0 Å². The van der Waals surface area contributed by atoms with E-state index in [-0.39, 0.29) is 11.2 Å². The number of aromatic nitrogens is 4. The molecule has 6 nitrogen and oxygen atoms in total. The monoisotopic (exact) mass is 358 g/mol. The standard InChI is InChI=1S/C18H22N4O2S/c1-4-5-10-22-16-15(17(23)20-18(22)24)21(3)14(19-16)11-25-13-9-7-6-8-12(13)2/h6-9H,4-5,10-11H2,1-3H3,(H,20,23,24). The summed E-state index contributed by atoms with van der Waals surface area (Å²) in [6.45, 7) is 4.70. The molecule has 132 valence electrons. The zero-order chi connectivity index (χ0) is 18.0. The molecule has 1 aromatic carbocycles. The Morgan fingerprint density at radius 3 is 2.72 bits per heavy atom. The van der Waals surface area contributed by atoms with Crippen LogP contribution in [-0.2, 0) is 19.3 Å². The molecule has 1 N–H and O–H groups in total. The van der Waals surface area contributed by atoms with Crippen molar-refractivity contribution in [2.45, 2.75) is 43.9 Å². The van der Waals surface area contributed by atoms with Crippen molar-refractivity contribution in [2.24, 2.45) is 7.05 Å². The van der Waals surface area contributed by atoms with E-state index >= 15 is 0 Å². The molecule has 0 fully saturated rings. The second kappa shape index (κ2) is 7.31. The van der Waals surface area contributed by atoms with Crippen LogP contribution in [0.2, 0.25) is 0 Å². The summed E-state index contributed by atoms with van der Waals surface area (Å²) in [5, 5.41) is 0. The van der Waals surface area contributed by atoms with Crippen molar-refractivity contribution in [1.82, 2.24) is 19.1 Å². The van der Waals surface area contributed by atoms with Crippen LogP contribution in [0.4, 0.5) is 0 Å². The summed E-state index contributed by atoms with van der Waals surface area (Å²) < 4.78 is 3.36. The van der Waals surface area contributed by atoms with Gasteiger partial charge in [-0.25, -0.2) is 9.78 Å². The van der Waals surface area contributed by atoms with Crippen molar-refractivity contribution in [2.75, 3.05) is 0 Å². The molecule has 0 saturated heterocycles. The fourth-order valence-corrected chi connectivity index (χ4v) is 3.82. The number of thioether (sulfide) groups is 1. The normalized spacial score (nSPS) is 11.3. The van der Waals surface area contributed by atoms with Gasteiger partial charge in [0.2, 0.25) is 0 Å². The molecule has 25 heavy (non-hydrogen) atoms. The quantitative estimate of drug-likeness (QED) is 0.688. The zero-order valence-electron chi connectivity index (χ0n) is 14.7. The molecule has 0 unspecified atom stereocenters. The van der Waals surface area contributed by atoms with E-state index in [1.807, 2.05) is 19.2 Å². The molecule has 0 radical (unpaired) electrons. The van der Waals surface area contributed by atoms with E-state index in [1.165, 1.54) is 10.5 Å². The lowest BCUT2D eigenvalue weighted by Crippen LogP contribution is -2.31. The summed E-state index contributed by atoms with van der Waals surface area (Å²) in [7, 11) is 1.83. The third kappa shape index (κ3) is 3.42. The Morgan fingerprint density at radius 1 is 1.24 bits per heavy atom. The summed E-state index contributed by atoms with van der Waals surface area (Å²) in [4.78, 5) is 32.6. The Labute approximate surface area is 149 Å². The molecular formula is C18H22N4O2S. The van der Waals surface area contributed by atoms with Gasteiger partial charge in [0, 0.05) is 18.5 Å². The van der Waals surface area contributed by atoms with Gasteiger partial charge >= 0.3 is 5.69 Å². The van der Waals surface area contributed by atoms with Gasteiger partial charge in [0.25, 0.3) is 5.56 Å². The largest absolute Gasteiger partial charge is 0.330 e. The number of nitrogens with one attached hydrogen (secondary N) is 1. The highest BCUT2D eigenvalue weighted by molar-refractivity contribution is 7.98. The molecule has 0 amide bonds. The summed E-state index contributed by atoms with van der Waals surface area (Å²) in [5.74, 6) is 1.42. The van der Waals surface area contributed by atoms with Crippen LogP contribution in [0, 0.1) is 6.92 Å². The molecule has 0 atom stereocenters. The van der Waals surface area contributed by atoms with Crippen molar-refractivity contribution in [3.63, 3.8) is 0 Å². The van der Waals surface area contributed by atoms with Crippen LogP contribution in [-0.4, -0.2) is 19.1 Å². The molecule has 0 bridgehead atoms. The highest BCUT2D eigenvalue weighted by Gasteiger charge is 2.16. The van der Waals surface area contributed by atoms with Gasteiger partial charge in [-0.15, -0.1) is 11.8 Å². The fraction of sp³-hybridized carbons (Fsp3) is 0.389. The third-order valence-corrected chi connectivity index (χ3v) is 5.46. The van der Waals surface area contributed by atoms with Gasteiger partial charge in [-0.3, -0.25) is 14.3 Å². The van der Waals surface area contributed by atoms with Crippen molar-refractivity contribution in [1.29, 1.82) is 0 Å². The Hall–Kier alpha value is -2.28. The third-order valence-electron chi connectivity index (χ3n) is 4.29. The summed E-state index contributed by atoms with van der Waals surface area (Å²) in [5.41, 5.74) is 1.38. The number of H-pyrrole nitrogens is 1. The van der Waals surface area contributed by atoms with Crippen molar-refractivity contribution < 1.29 is 0 Å². The second-order valence-corrected chi connectivity index (χ2v) is 7.10. The average molecular weight is 358 g/mol. The average Bonchev–Trinajstić information content (AvgIpc) is 2.91. The maximum Gasteiger partial charge on any atom is 0.330 e. The number of aromatic amines is 1. The van der Waals surface area contributed by atoms with E-state index in [4.69, 9.17) is 0 Å². The van der Waals surface area contributed by atoms with Crippen molar-refractivity contribution in [3.05, 3.63) is 56.5 Å². The Kier molecular flexibility index (Phi) is 5.13. The van der Waals surface area contributed by atoms with Crippen LogP contribution in [0.3, 0.4) is 0 Å². The first-order valence-electron chi connectivity index (χ1n) is 8.39. The van der Waals surface area contributed by atoms with Crippen molar-refractivity contribution >= 4 is 22.9 Å². The number of fused-ring (bicyclic) bond motifs is 1. The first kappa shape index (κ1) is 17.5.